The Morgan fingerprint density at radius 1 is 0.554 bits per heavy atom. The number of rotatable bonds is 23. The van der Waals surface area contributed by atoms with Gasteiger partial charge in [-0.1, -0.05) is 82.1 Å². The number of aliphatic hydroxyl groups excluding tert-OH is 3. The molecule has 708 valence electrons. The van der Waals surface area contributed by atoms with Gasteiger partial charge in [0.2, 0.25) is 100 Å². The van der Waals surface area contributed by atoms with E-state index < -0.39 is 235 Å². The van der Waals surface area contributed by atoms with Crippen molar-refractivity contribution in [2.75, 3.05) is 72.1 Å². The number of nitrogens with two attached hydrogens (primary N) is 3. The maximum Gasteiger partial charge on any atom is 0.246 e. The van der Waals surface area contributed by atoms with Gasteiger partial charge < -0.3 is 126 Å². The maximum absolute atomic E-state index is 15.6. The van der Waals surface area contributed by atoms with Crippen LogP contribution in [0.2, 0.25) is 0 Å². The van der Waals surface area contributed by atoms with Crippen LogP contribution in [-0.4, -0.2) is 319 Å². The number of nitrogens with one attached hydrogen (secondary N) is 13. The Labute approximate surface area is 759 Å². The first-order valence-corrected chi connectivity index (χ1v) is 45.1. The van der Waals surface area contributed by atoms with Crippen molar-refractivity contribution in [2.24, 2.45) is 23.1 Å². The SMILES string of the molecule is CCCC[C@H]1C(=O)N(C)[C@@H](C)C(=O)N[C@@H](CCCNC(=N)N)C(=O)NC(C(=O)N[C@@H](CO)C(N)=O)CSCC(=O)N[C@@H](Cc2ccc(O)cc2)C(=O)N(C)[C@@H](C)C(=O)N[C@@H](CC(N)=O)C(=O)N2CCC[C@H]2C(=O)N[C@@H](CO)C(=O)N[C@@H](CC(C)C)C(=O)N2CCC[C@H]2C(=O)N[C@@H](Cc2c[nH]c3ccccc23)C(=O)N[C@@H](CO)C(=O)N[C@@H](Cc2csc3ccccc23)C(=O)N1C. The fourth-order valence-electron chi connectivity index (χ4n) is 15.6. The topological polar surface area (TPSA) is 637 Å². The molecule has 5 aromatic rings. The van der Waals surface area contributed by atoms with Gasteiger partial charge in [0.15, 0.2) is 5.96 Å². The molecule has 17 amide bonds. The van der Waals surface area contributed by atoms with Gasteiger partial charge in [-0.15, -0.1) is 23.1 Å². The molecule has 2 aromatic heterocycles. The quantitative estimate of drug-likeness (QED) is 0.0169. The summed E-state index contributed by atoms with van der Waals surface area (Å²) in [6.45, 7) is 4.54. The summed E-state index contributed by atoms with van der Waals surface area (Å²) in [5, 5.41) is 81.4. The third-order valence-electron chi connectivity index (χ3n) is 23.1. The highest BCUT2D eigenvalue weighted by molar-refractivity contribution is 8.00. The second-order valence-electron chi connectivity index (χ2n) is 33.1. The largest absolute Gasteiger partial charge is 0.508 e. The van der Waals surface area contributed by atoms with Gasteiger partial charge in [0, 0.05) is 87.6 Å². The summed E-state index contributed by atoms with van der Waals surface area (Å²) < 4.78 is 0.810. The molecule has 3 aliphatic rings. The van der Waals surface area contributed by atoms with E-state index in [1.54, 1.807) is 61.8 Å². The van der Waals surface area contributed by atoms with Gasteiger partial charge in [0.05, 0.1) is 32.0 Å². The number of carbonyl (C=O) groups excluding carboxylic acids is 17. The summed E-state index contributed by atoms with van der Waals surface area (Å²) in [4.78, 5) is 256. The summed E-state index contributed by atoms with van der Waals surface area (Å²) in [6, 6.07) is -3.94. The minimum absolute atomic E-state index is 0.000577. The first-order chi connectivity index (χ1) is 61.8. The monoisotopic (exact) mass is 1850 g/mol. The highest BCUT2D eigenvalue weighted by atomic mass is 32.2. The van der Waals surface area contributed by atoms with E-state index in [1.165, 1.54) is 75.5 Å². The van der Waals surface area contributed by atoms with Crippen molar-refractivity contribution < 1.29 is 102 Å². The Balaban J connectivity index is 1.17. The molecule has 42 nitrogen and oxygen atoms in total. The van der Waals surface area contributed by atoms with Crippen LogP contribution in [0.3, 0.4) is 0 Å². The Hall–Kier alpha value is -12.6. The van der Waals surface area contributed by atoms with Crippen LogP contribution in [0.4, 0.5) is 0 Å². The van der Waals surface area contributed by atoms with Crippen LogP contribution in [-0.2, 0) is 101 Å². The standard InChI is InChI=1S/C86H121N21O21S2/c1-9-10-22-67-85(128)104(7)47(5)72(115)94-55(21-15-30-91-86(89)90)74(117)102-64(78(121)99-61(39-108)71(88)114)43-129-44-70(113)93-58(34-48-26-28-51(111)29-27-48)81(124)103(6)46(4)73(116)96-60(37-69(87)112)84(127)107-32-17-24-66(107)80(123)101-63(41-110)77(120)97-57(33-45(2)3)83(126)106-31-16-23-65(106)79(122)95-56(35-49-38-92-54-20-13-11-18-52(49)54)75(118)100-62(40-109)76(119)98-59(82(125)105(67)8)36-50-42-130-68-25-14-12-19-53(50)68/h11-14,18-20,25-29,38,42,45-47,55-67,92,108-111H,9-10,15-17,21-24,30-37,39-41,43-44H2,1-8H3,(H2,87,112)(H2,88,114)(H,93,113)(H,94,115)(H,95,122)(H,96,116)(H,97,120)(H,98,119)(H,99,121)(H,100,118)(H,101,123)(H,102,117)(H4,89,90,91)/t46-,47-,55-,56-,57-,58-,59-,60-,61-,62-,63-,64?,65-,66-,67-/m0/s1. The number of hydrogen-bond acceptors (Lipinski definition) is 24. The van der Waals surface area contributed by atoms with Gasteiger partial charge in [0.25, 0.3) is 0 Å². The molecule has 3 aliphatic heterocycles. The number of likely N-dealkylation sites (N-methyl/N-ethyl adjacent to an activating group) is 3. The van der Waals surface area contributed by atoms with E-state index in [-0.39, 0.29) is 102 Å². The number of fused-ring (bicyclic) bond motifs is 4. The Kier molecular flexibility index (Phi) is 38.6. The van der Waals surface area contributed by atoms with Gasteiger partial charge in [-0.3, -0.25) is 86.9 Å². The second-order valence-corrected chi connectivity index (χ2v) is 35.0. The summed E-state index contributed by atoms with van der Waals surface area (Å²) >= 11 is 2.04. The van der Waals surface area contributed by atoms with Crippen LogP contribution < -0.4 is 75.7 Å². The summed E-state index contributed by atoms with van der Waals surface area (Å²) in [5.41, 5.74) is 18.8. The number of amides is 17. The highest BCUT2D eigenvalue weighted by Crippen LogP contribution is 2.30. The Bertz CT molecular complexity index is 4920. The number of aromatic hydroxyl groups is 1. The lowest BCUT2D eigenvalue weighted by Gasteiger charge is -2.35. The number of unbranched alkanes of at least 4 members (excludes halogenated alkanes) is 1. The maximum atomic E-state index is 15.6. The number of thioether (sulfide) groups is 1. The van der Waals surface area contributed by atoms with Gasteiger partial charge in [-0.05, 0) is 123 Å². The zero-order chi connectivity index (χ0) is 95.5. The molecule has 15 atom stereocenters. The minimum atomic E-state index is -1.85. The number of hydrogen-bond donors (Lipinski definition) is 20. The fraction of sp³-hybridized carbons (Fsp3) is 0.535. The number of nitrogens with zero attached hydrogens (tertiary/aromatic N) is 5. The molecular formula is C86H121N21O21S2. The van der Waals surface area contributed by atoms with E-state index in [4.69, 9.17) is 22.6 Å². The lowest BCUT2D eigenvalue weighted by atomic mass is 10.0. The van der Waals surface area contributed by atoms with E-state index in [9.17, 15) is 73.2 Å². The normalized spacial score (nSPS) is 24.9. The Morgan fingerprint density at radius 2 is 1.07 bits per heavy atom. The number of para-hydroxylation sites is 1. The number of aliphatic hydroxyl groups is 3. The smallest absolute Gasteiger partial charge is 0.246 e. The van der Waals surface area contributed by atoms with Crippen molar-refractivity contribution in [1.29, 1.82) is 5.41 Å². The van der Waals surface area contributed by atoms with Crippen LogP contribution >= 0.6 is 23.1 Å². The molecule has 3 aromatic carbocycles. The molecule has 3 saturated heterocycles. The van der Waals surface area contributed by atoms with E-state index in [0.717, 1.165) is 24.3 Å². The van der Waals surface area contributed by atoms with Gasteiger partial charge in [-0.25, -0.2) is 0 Å². The first-order valence-electron chi connectivity index (χ1n) is 43.1. The molecule has 130 heavy (non-hydrogen) atoms. The average Bonchev–Trinajstić information content (AvgIpc) is 1.57. The molecule has 44 heteroatoms. The molecule has 0 bridgehead atoms. The van der Waals surface area contributed by atoms with E-state index in [2.05, 4.69) is 63.5 Å². The average molecular weight is 1850 g/mol. The number of guanidine groups is 1. The summed E-state index contributed by atoms with van der Waals surface area (Å²) in [5.74, 6) is -18.7. The van der Waals surface area contributed by atoms with Crippen molar-refractivity contribution in [3.05, 3.63) is 101 Å². The molecule has 0 spiro atoms. The summed E-state index contributed by atoms with van der Waals surface area (Å²) in [6.07, 6.45) is 0.898. The number of phenols is 1. The number of benzene rings is 3. The first kappa shape index (κ1) is 103. The molecule has 0 radical (unpaired) electrons. The lowest BCUT2D eigenvalue weighted by Crippen LogP contribution is -2.62. The van der Waals surface area contributed by atoms with E-state index in [1.807, 2.05) is 19.1 Å². The van der Waals surface area contributed by atoms with Crippen LogP contribution in [0, 0.1) is 11.3 Å². The molecular weight excluding hydrogens is 1730 g/mol. The van der Waals surface area contributed by atoms with Crippen molar-refractivity contribution in [1.82, 2.24) is 88.0 Å². The number of aromatic amines is 1. The van der Waals surface area contributed by atoms with Crippen LogP contribution in [0.5, 0.6) is 5.75 Å². The zero-order valence-corrected chi connectivity index (χ0v) is 75.5. The van der Waals surface area contributed by atoms with Crippen LogP contribution in [0.1, 0.15) is 122 Å². The Morgan fingerprint density at radius 3 is 1.65 bits per heavy atom. The molecule has 8 rings (SSSR count). The van der Waals surface area contributed by atoms with Crippen molar-refractivity contribution in [2.45, 2.75) is 215 Å². The van der Waals surface area contributed by atoms with Gasteiger partial charge >= 0.3 is 0 Å². The predicted octanol–water partition coefficient (Wildman–Crippen LogP) is -3.95. The highest BCUT2D eigenvalue weighted by Gasteiger charge is 2.45. The number of carbonyl (C=O) groups is 17. The van der Waals surface area contributed by atoms with Crippen molar-refractivity contribution >= 4 is 150 Å². The van der Waals surface area contributed by atoms with E-state index in [0.29, 0.717) is 57.6 Å². The number of thiophene rings is 1. The van der Waals surface area contributed by atoms with Gasteiger partial charge in [-0.2, -0.15) is 0 Å². The third-order valence-corrected chi connectivity index (χ3v) is 25.2. The molecule has 23 N–H and O–H groups in total. The number of H-pyrrole nitrogens is 1. The molecule has 3 fully saturated rings. The van der Waals surface area contributed by atoms with Crippen LogP contribution in [0.15, 0.2) is 84.4 Å². The number of primary amides is 2. The lowest BCUT2D eigenvalue weighted by molar-refractivity contribution is -0.149. The number of phenolic OH excluding ortho intramolecular Hbond substituents is 1. The molecule has 5 heterocycles. The minimum Gasteiger partial charge on any atom is -0.508 e. The molecule has 0 aliphatic carbocycles. The molecule has 1 unspecified atom stereocenters. The second kappa shape index (κ2) is 48.7. The fourth-order valence-corrected chi connectivity index (χ4v) is 17.4. The third kappa shape index (κ3) is 28.0. The van der Waals surface area contributed by atoms with E-state index >= 15 is 28.8 Å². The van der Waals surface area contributed by atoms with Crippen LogP contribution in [0.25, 0.3) is 21.0 Å². The molecule has 0 saturated carbocycles. The van der Waals surface area contributed by atoms with Crippen molar-refractivity contribution in [3.63, 3.8) is 0 Å². The number of aromatic nitrogens is 1. The van der Waals surface area contributed by atoms with Crippen molar-refractivity contribution in [3.8, 4) is 5.75 Å². The zero-order valence-electron chi connectivity index (χ0n) is 73.9. The van der Waals surface area contributed by atoms with Gasteiger partial charge in [0.1, 0.15) is 96.4 Å². The summed E-state index contributed by atoms with van der Waals surface area (Å²) in [7, 11) is 3.79. The predicted molar refractivity (Wildman–Crippen MR) is 479 cm³/mol.